The van der Waals surface area contributed by atoms with Crippen LogP contribution in [0.25, 0.3) is 10.9 Å². The predicted molar refractivity (Wildman–Crippen MR) is 139 cm³/mol. The van der Waals surface area contributed by atoms with E-state index in [9.17, 15) is 9.59 Å². The summed E-state index contributed by atoms with van der Waals surface area (Å²) >= 11 is 0. The Labute approximate surface area is 208 Å². The fourth-order valence-electron chi connectivity index (χ4n) is 4.21. The van der Waals surface area contributed by atoms with Crippen LogP contribution in [0, 0.1) is 6.92 Å². The number of ether oxygens (including phenoxy) is 3. The van der Waals surface area contributed by atoms with Crippen LogP contribution in [0.4, 0.5) is 11.4 Å². The minimum absolute atomic E-state index is 0.139. The SMILES string of the molecule is COc1ccc(NCc2cc3cc4c(cc3n(CC(=O)Nc3ccccc3C)c2=O)OCCO4)cc1. The first-order valence-electron chi connectivity index (χ1n) is 11.7. The quantitative estimate of drug-likeness (QED) is 0.405. The zero-order valence-electron chi connectivity index (χ0n) is 20.2. The fourth-order valence-corrected chi connectivity index (χ4v) is 4.21. The number of nitrogens with one attached hydrogen (secondary N) is 2. The van der Waals surface area contributed by atoms with Gasteiger partial charge in [-0.05, 0) is 55.0 Å². The number of rotatable bonds is 7. The first-order valence-corrected chi connectivity index (χ1v) is 11.7. The first kappa shape index (κ1) is 23.3. The fraction of sp³-hybridized carbons (Fsp3) is 0.214. The van der Waals surface area contributed by atoms with E-state index in [0.29, 0.717) is 41.5 Å². The van der Waals surface area contributed by atoms with Crippen molar-refractivity contribution in [2.24, 2.45) is 0 Å². The van der Waals surface area contributed by atoms with Crippen molar-refractivity contribution in [1.29, 1.82) is 0 Å². The average molecular weight is 486 g/mol. The van der Waals surface area contributed by atoms with Crippen LogP contribution >= 0.6 is 0 Å². The van der Waals surface area contributed by atoms with E-state index in [4.69, 9.17) is 14.2 Å². The zero-order chi connectivity index (χ0) is 25.1. The molecule has 1 aliphatic heterocycles. The molecule has 2 N–H and O–H groups in total. The van der Waals surface area contributed by atoms with Crippen molar-refractivity contribution in [2.45, 2.75) is 20.0 Å². The van der Waals surface area contributed by atoms with Crippen molar-refractivity contribution < 1.29 is 19.0 Å². The molecule has 0 unspecified atom stereocenters. The number of anilines is 2. The molecule has 1 aliphatic rings. The molecule has 1 aromatic heterocycles. The van der Waals surface area contributed by atoms with Crippen LogP contribution < -0.4 is 30.4 Å². The number of methoxy groups -OCH3 is 1. The highest BCUT2D eigenvalue weighted by molar-refractivity contribution is 5.93. The molecule has 0 saturated carbocycles. The van der Waals surface area contributed by atoms with Gasteiger partial charge in [0.1, 0.15) is 25.5 Å². The highest BCUT2D eigenvalue weighted by atomic mass is 16.6. The number of aromatic nitrogens is 1. The van der Waals surface area contributed by atoms with Crippen molar-refractivity contribution in [3.05, 3.63) is 88.2 Å². The summed E-state index contributed by atoms with van der Waals surface area (Å²) in [6.45, 7) is 2.96. The Bertz CT molecular complexity index is 1480. The summed E-state index contributed by atoms with van der Waals surface area (Å²) in [5, 5.41) is 6.99. The average Bonchev–Trinajstić information content (AvgIpc) is 2.90. The summed E-state index contributed by atoms with van der Waals surface area (Å²) in [4.78, 5) is 26.6. The monoisotopic (exact) mass is 485 g/mol. The molecule has 0 radical (unpaired) electrons. The summed E-state index contributed by atoms with van der Waals surface area (Å²) in [6, 6.07) is 20.5. The maximum atomic E-state index is 13.6. The minimum Gasteiger partial charge on any atom is -0.497 e. The number of carbonyl (C=O) groups is 1. The number of hydrogen-bond acceptors (Lipinski definition) is 6. The van der Waals surface area contributed by atoms with Gasteiger partial charge < -0.3 is 24.8 Å². The van der Waals surface area contributed by atoms with Gasteiger partial charge in [0.25, 0.3) is 5.56 Å². The molecule has 8 nitrogen and oxygen atoms in total. The van der Waals surface area contributed by atoms with Gasteiger partial charge >= 0.3 is 0 Å². The summed E-state index contributed by atoms with van der Waals surface area (Å²) in [5.41, 5.74) is 3.39. The second-order valence-corrected chi connectivity index (χ2v) is 8.56. The van der Waals surface area contributed by atoms with Crippen molar-refractivity contribution >= 4 is 28.2 Å². The van der Waals surface area contributed by atoms with Crippen LogP contribution in [0.15, 0.2) is 71.5 Å². The Morgan fingerprint density at radius 2 is 1.72 bits per heavy atom. The molecule has 36 heavy (non-hydrogen) atoms. The lowest BCUT2D eigenvalue weighted by atomic mass is 10.1. The summed E-state index contributed by atoms with van der Waals surface area (Å²) in [5.74, 6) is 1.64. The van der Waals surface area contributed by atoms with Crippen LogP contribution in [-0.4, -0.2) is 30.8 Å². The van der Waals surface area contributed by atoms with Gasteiger partial charge in [-0.25, -0.2) is 0 Å². The van der Waals surface area contributed by atoms with Gasteiger partial charge in [0.15, 0.2) is 11.5 Å². The number of carbonyl (C=O) groups excluding carboxylic acids is 1. The van der Waals surface area contributed by atoms with E-state index in [-0.39, 0.29) is 24.6 Å². The van der Waals surface area contributed by atoms with E-state index >= 15 is 0 Å². The Hall–Kier alpha value is -4.46. The summed E-state index contributed by atoms with van der Waals surface area (Å²) < 4.78 is 18.2. The second-order valence-electron chi connectivity index (χ2n) is 8.56. The Morgan fingerprint density at radius 3 is 2.44 bits per heavy atom. The van der Waals surface area contributed by atoms with Gasteiger partial charge in [-0.15, -0.1) is 0 Å². The highest BCUT2D eigenvalue weighted by Crippen LogP contribution is 2.34. The molecule has 1 amide bonds. The molecule has 0 spiro atoms. The molecule has 2 heterocycles. The number of aryl methyl sites for hydroxylation is 1. The Morgan fingerprint density at radius 1 is 1.00 bits per heavy atom. The van der Waals surface area contributed by atoms with E-state index in [0.717, 1.165) is 22.4 Å². The van der Waals surface area contributed by atoms with Crippen LogP contribution in [0.3, 0.4) is 0 Å². The molecular formula is C28H27N3O5. The molecule has 0 fully saturated rings. The number of benzene rings is 3. The third-order valence-electron chi connectivity index (χ3n) is 6.13. The van der Waals surface area contributed by atoms with Gasteiger partial charge in [-0.2, -0.15) is 0 Å². The number of hydrogen-bond donors (Lipinski definition) is 2. The number of amides is 1. The van der Waals surface area contributed by atoms with Gasteiger partial charge in [0.2, 0.25) is 5.91 Å². The van der Waals surface area contributed by atoms with Gasteiger partial charge in [-0.3, -0.25) is 14.2 Å². The molecule has 4 aromatic rings. The van der Waals surface area contributed by atoms with Crippen LogP contribution in [-0.2, 0) is 17.9 Å². The predicted octanol–water partition coefficient (Wildman–Crippen LogP) is 4.34. The molecule has 8 heteroatoms. The van der Waals surface area contributed by atoms with Crippen molar-refractivity contribution in [3.8, 4) is 17.2 Å². The largest absolute Gasteiger partial charge is 0.497 e. The van der Waals surface area contributed by atoms with Crippen molar-refractivity contribution in [2.75, 3.05) is 31.0 Å². The number of para-hydroxylation sites is 1. The van der Waals surface area contributed by atoms with Gasteiger partial charge in [-0.1, -0.05) is 18.2 Å². The van der Waals surface area contributed by atoms with E-state index in [1.807, 2.05) is 67.6 Å². The van der Waals surface area contributed by atoms with Crippen LogP contribution in [0.2, 0.25) is 0 Å². The van der Waals surface area contributed by atoms with E-state index < -0.39 is 0 Å². The van der Waals surface area contributed by atoms with E-state index in [2.05, 4.69) is 10.6 Å². The maximum Gasteiger partial charge on any atom is 0.256 e. The number of fused-ring (bicyclic) bond motifs is 2. The lowest BCUT2D eigenvalue weighted by Crippen LogP contribution is -2.31. The Balaban J connectivity index is 1.50. The normalized spacial score (nSPS) is 12.3. The molecule has 0 bridgehead atoms. The molecule has 184 valence electrons. The van der Waals surface area contributed by atoms with Crippen molar-refractivity contribution in [3.63, 3.8) is 0 Å². The lowest BCUT2D eigenvalue weighted by Gasteiger charge is -2.21. The molecule has 3 aromatic carbocycles. The van der Waals surface area contributed by atoms with Gasteiger partial charge in [0.05, 0.1) is 12.6 Å². The molecule has 0 aliphatic carbocycles. The third kappa shape index (κ3) is 4.84. The second kappa shape index (κ2) is 10.0. The number of pyridine rings is 1. The smallest absolute Gasteiger partial charge is 0.256 e. The molecule has 0 saturated heterocycles. The lowest BCUT2D eigenvalue weighted by molar-refractivity contribution is -0.116. The number of nitrogens with zero attached hydrogens (tertiary/aromatic N) is 1. The first-order chi connectivity index (χ1) is 17.5. The zero-order valence-corrected chi connectivity index (χ0v) is 20.2. The molecular weight excluding hydrogens is 458 g/mol. The maximum absolute atomic E-state index is 13.6. The van der Waals surface area contributed by atoms with Gasteiger partial charge in [0, 0.05) is 34.9 Å². The van der Waals surface area contributed by atoms with E-state index in [1.54, 1.807) is 13.2 Å². The molecule has 5 rings (SSSR count). The van der Waals surface area contributed by atoms with E-state index in [1.165, 1.54) is 4.57 Å². The Kier molecular flexibility index (Phi) is 6.49. The topological polar surface area (TPSA) is 90.8 Å². The van der Waals surface area contributed by atoms with Crippen LogP contribution in [0.5, 0.6) is 17.2 Å². The molecule has 0 atom stereocenters. The standard InChI is InChI=1S/C28H27N3O5/c1-18-5-3-4-6-23(18)30-27(32)17-31-24-15-26-25(35-11-12-36-26)14-19(24)13-20(28(31)33)16-29-21-7-9-22(34-2)10-8-21/h3-10,13-15,29H,11-12,16-17H2,1-2H3,(H,30,32). The van der Waals surface area contributed by atoms with Crippen molar-refractivity contribution in [1.82, 2.24) is 4.57 Å². The highest BCUT2D eigenvalue weighted by Gasteiger charge is 2.18. The summed E-state index contributed by atoms with van der Waals surface area (Å²) in [7, 11) is 1.61. The van der Waals surface area contributed by atoms with Crippen LogP contribution in [0.1, 0.15) is 11.1 Å². The third-order valence-corrected chi connectivity index (χ3v) is 6.13. The summed E-state index contributed by atoms with van der Waals surface area (Å²) in [6.07, 6.45) is 0. The minimum atomic E-state index is -0.289.